The number of hydrogen-bond acceptors (Lipinski definition) is 3. The van der Waals surface area contributed by atoms with Crippen LogP contribution in [0.15, 0.2) is 18.2 Å². The summed E-state index contributed by atoms with van der Waals surface area (Å²) in [4.78, 5) is 4.51. The van der Waals surface area contributed by atoms with Gasteiger partial charge in [-0.25, -0.2) is 0 Å². The molecule has 0 aliphatic carbocycles. The van der Waals surface area contributed by atoms with Gasteiger partial charge in [0, 0.05) is 22.7 Å². The molecule has 90 valence electrons. The minimum absolute atomic E-state index is 0.531. The third kappa shape index (κ3) is 2.11. The molecule has 0 radical (unpaired) electrons. The quantitative estimate of drug-likeness (QED) is 0.864. The van der Waals surface area contributed by atoms with E-state index in [1.807, 2.05) is 32.0 Å². The lowest BCUT2D eigenvalue weighted by Gasteiger charge is -2.13. The van der Waals surface area contributed by atoms with Gasteiger partial charge < -0.3 is 9.84 Å². The Balaban J connectivity index is 2.88. The van der Waals surface area contributed by atoms with Gasteiger partial charge in [0.2, 0.25) is 0 Å². The maximum absolute atomic E-state index is 9.82. The van der Waals surface area contributed by atoms with Gasteiger partial charge in [-0.05, 0) is 32.4 Å². The molecule has 1 N–H and O–H groups in total. The summed E-state index contributed by atoms with van der Waals surface area (Å²) in [5, 5.41) is 10.8. The second-order valence-electron chi connectivity index (χ2n) is 4.39. The number of nitrogens with zero attached hydrogens (tertiary/aromatic N) is 1. The van der Waals surface area contributed by atoms with Crippen molar-refractivity contribution in [2.75, 3.05) is 7.11 Å². The fourth-order valence-electron chi connectivity index (χ4n) is 2.08. The Morgan fingerprint density at radius 1 is 1.24 bits per heavy atom. The highest BCUT2D eigenvalue weighted by Gasteiger charge is 2.12. The zero-order chi connectivity index (χ0) is 12.6. The van der Waals surface area contributed by atoms with Crippen LogP contribution < -0.4 is 4.74 Å². The van der Waals surface area contributed by atoms with E-state index in [1.54, 1.807) is 14.0 Å². The largest absolute Gasteiger partial charge is 0.496 e. The van der Waals surface area contributed by atoms with E-state index in [1.165, 1.54) is 0 Å². The molecule has 0 saturated carbocycles. The van der Waals surface area contributed by atoms with Crippen LogP contribution in [0, 0.1) is 13.8 Å². The van der Waals surface area contributed by atoms with Crippen LogP contribution in [-0.4, -0.2) is 17.2 Å². The van der Waals surface area contributed by atoms with Gasteiger partial charge >= 0.3 is 0 Å². The molecule has 2 rings (SSSR count). The van der Waals surface area contributed by atoms with Crippen molar-refractivity contribution in [3.05, 3.63) is 35.0 Å². The van der Waals surface area contributed by atoms with E-state index in [0.29, 0.717) is 0 Å². The van der Waals surface area contributed by atoms with E-state index >= 15 is 0 Å². The number of aryl methyl sites for hydroxylation is 2. The molecule has 1 unspecified atom stereocenters. The fraction of sp³-hybridized carbons (Fsp3) is 0.357. The van der Waals surface area contributed by atoms with E-state index in [2.05, 4.69) is 4.98 Å². The van der Waals surface area contributed by atoms with Crippen LogP contribution in [0.2, 0.25) is 0 Å². The number of pyridine rings is 1. The van der Waals surface area contributed by atoms with Gasteiger partial charge in [-0.3, -0.25) is 4.98 Å². The monoisotopic (exact) mass is 231 g/mol. The van der Waals surface area contributed by atoms with Crippen molar-refractivity contribution in [2.24, 2.45) is 0 Å². The predicted octanol–water partition coefficient (Wildman–Crippen LogP) is 2.91. The summed E-state index contributed by atoms with van der Waals surface area (Å²) in [6.45, 7) is 5.68. The number of ether oxygens (including phenoxy) is 1. The first-order chi connectivity index (χ1) is 8.02. The van der Waals surface area contributed by atoms with Crippen LogP contribution in [-0.2, 0) is 0 Å². The van der Waals surface area contributed by atoms with Crippen LogP contribution >= 0.6 is 0 Å². The van der Waals surface area contributed by atoms with E-state index in [4.69, 9.17) is 4.74 Å². The summed E-state index contributed by atoms with van der Waals surface area (Å²) < 4.78 is 5.38. The Bertz CT molecular complexity index is 562. The van der Waals surface area contributed by atoms with Gasteiger partial charge in [-0.15, -0.1) is 0 Å². The summed E-state index contributed by atoms with van der Waals surface area (Å²) in [5.74, 6) is 0.804. The highest BCUT2D eigenvalue weighted by atomic mass is 16.5. The average Bonchev–Trinajstić information content (AvgIpc) is 2.27. The van der Waals surface area contributed by atoms with Gasteiger partial charge in [-0.2, -0.15) is 0 Å². The standard InChI is InChI=1S/C14H17NO2/c1-8-5-11(10(3)16)14-12(6-8)13(17-4)7-9(2)15-14/h5-7,10,16H,1-4H3. The molecule has 17 heavy (non-hydrogen) atoms. The van der Waals surface area contributed by atoms with Crippen LogP contribution in [0.25, 0.3) is 10.9 Å². The molecule has 0 bridgehead atoms. The number of aromatic nitrogens is 1. The minimum atomic E-state index is -0.531. The highest BCUT2D eigenvalue weighted by molar-refractivity contribution is 5.88. The van der Waals surface area contributed by atoms with Gasteiger partial charge in [-0.1, -0.05) is 6.07 Å². The van der Waals surface area contributed by atoms with Gasteiger partial charge in [0.15, 0.2) is 0 Å². The Labute approximate surface area is 101 Å². The van der Waals surface area contributed by atoms with E-state index in [0.717, 1.165) is 33.5 Å². The van der Waals surface area contributed by atoms with Crippen LogP contribution in [0.3, 0.4) is 0 Å². The average molecular weight is 231 g/mol. The number of rotatable bonds is 2. The summed E-state index contributed by atoms with van der Waals surface area (Å²) in [6, 6.07) is 5.92. The van der Waals surface area contributed by atoms with Gasteiger partial charge in [0.05, 0.1) is 18.7 Å². The van der Waals surface area contributed by atoms with Gasteiger partial charge in [0.25, 0.3) is 0 Å². The first kappa shape index (κ1) is 11.9. The Morgan fingerprint density at radius 3 is 2.53 bits per heavy atom. The molecule has 1 heterocycles. The third-order valence-corrected chi connectivity index (χ3v) is 2.85. The first-order valence-corrected chi connectivity index (χ1v) is 5.67. The highest BCUT2D eigenvalue weighted by Crippen LogP contribution is 2.31. The molecule has 1 atom stereocenters. The lowest BCUT2D eigenvalue weighted by atomic mass is 10.0. The molecular formula is C14H17NO2. The summed E-state index contributed by atoms with van der Waals surface area (Å²) in [6.07, 6.45) is -0.531. The number of hydrogen-bond donors (Lipinski definition) is 1. The Kier molecular flexibility index (Phi) is 3.03. The lowest BCUT2D eigenvalue weighted by Crippen LogP contribution is -1.98. The number of aliphatic hydroxyl groups excluding tert-OH is 1. The number of aliphatic hydroxyl groups is 1. The topological polar surface area (TPSA) is 42.4 Å². The Hall–Kier alpha value is -1.61. The van der Waals surface area contributed by atoms with Crippen molar-refractivity contribution in [3.8, 4) is 5.75 Å². The van der Waals surface area contributed by atoms with Crippen molar-refractivity contribution in [2.45, 2.75) is 26.9 Å². The number of methoxy groups -OCH3 is 1. The Morgan fingerprint density at radius 2 is 1.94 bits per heavy atom. The second-order valence-corrected chi connectivity index (χ2v) is 4.39. The summed E-state index contributed by atoms with van der Waals surface area (Å²) >= 11 is 0. The van der Waals surface area contributed by atoms with Crippen molar-refractivity contribution in [1.82, 2.24) is 4.98 Å². The maximum Gasteiger partial charge on any atom is 0.130 e. The van der Waals surface area contributed by atoms with Crippen molar-refractivity contribution >= 4 is 10.9 Å². The molecular weight excluding hydrogens is 214 g/mol. The number of benzene rings is 1. The maximum atomic E-state index is 9.82. The predicted molar refractivity (Wildman–Crippen MR) is 68.4 cm³/mol. The second kappa shape index (κ2) is 4.34. The summed E-state index contributed by atoms with van der Waals surface area (Å²) in [7, 11) is 1.65. The van der Waals surface area contributed by atoms with Crippen LogP contribution in [0.5, 0.6) is 5.75 Å². The van der Waals surface area contributed by atoms with Gasteiger partial charge in [0.1, 0.15) is 5.75 Å². The molecule has 3 heteroatoms. The molecule has 0 amide bonds. The molecule has 0 aliphatic heterocycles. The van der Waals surface area contributed by atoms with Crippen LogP contribution in [0.4, 0.5) is 0 Å². The summed E-state index contributed by atoms with van der Waals surface area (Å²) in [5.41, 5.74) is 3.65. The first-order valence-electron chi connectivity index (χ1n) is 5.67. The molecule has 0 spiro atoms. The zero-order valence-electron chi connectivity index (χ0n) is 10.6. The van der Waals surface area contributed by atoms with Crippen LogP contribution in [0.1, 0.15) is 29.8 Å². The van der Waals surface area contributed by atoms with Crippen molar-refractivity contribution < 1.29 is 9.84 Å². The molecule has 0 fully saturated rings. The normalized spacial score (nSPS) is 12.8. The fourth-order valence-corrected chi connectivity index (χ4v) is 2.08. The molecule has 3 nitrogen and oxygen atoms in total. The SMILES string of the molecule is COc1cc(C)nc2c(C(C)O)cc(C)cc12. The number of fused-ring (bicyclic) bond motifs is 1. The molecule has 1 aromatic heterocycles. The van der Waals surface area contributed by atoms with Crippen molar-refractivity contribution in [3.63, 3.8) is 0 Å². The van der Waals surface area contributed by atoms with E-state index in [-0.39, 0.29) is 0 Å². The van der Waals surface area contributed by atoms with Crippen molar-refractivity contribution in [1.29, 1.82) is 0 Å². The molecule has 0 aliphatic rings. The van der Waals surface area contributed by atoms with E-state index in [9.17, 15) is 5.11 Å². The van der Waals surface area contributed by atoms with E-state index < -0.39 is 6.10 Å². The molecule has 0 saturated heterocycles. The molecule has 2 aromatic rings. The lowest BCUT2D eigenvalue weighted by molar-refractivity contribution is 0.200. The third-order valence-electron chi connectivity index (χ3n) is 2.85. The minimum Gasteiger partial charge on any atom is -0.496 e. The molecule has 1 aromatic carbocycles. The zero-order valence-corrected chi connectivity index (χ0v) is 10.6. The smallest absolute Gasteiger partial charge is 0.130 e.